The summed E-state index contributed by atoms with van der Waals surface area (Å²) in [6, 6.07) is 8.16. The fraction of sp³-hybridized carbons (Fsp3) is 0.421. The number of hydrogen-bond acceptors (Lipinski definition) is 4. The van der Waals surface area contributed by atoms with Crippen molar-refractivity contribution in [3.8, 4) is 17.0 Å². The van der Waals surface area contributed by atoms with Crippen LogP contribution >= 0.6 is 11.3 Å². The van der Waals surface area contributed by atoms with Crippen molar-refractivity contribution in [2.45, 2.75) is 39.7 Å². The van der Waals surface area contributed by atoms with Gasteiger partial charge in [-0.1, -0.05) is 6.92 Å². The van der Waals surface area contributed by atoms with E-state index >= 15 is 0 Å². The van der Waals surface area contributed by atoms with Crippen LogP contribution in [0.25, 0.3) is 16.2 Å². The number of aromatic nitrogens is 2. The second-order valence-electron chi connectivity index (χ2n) is 6.51. The summed E-state index contributed by atoms with van der Waals surface area (Å²) >= 11 is 1.83. The molecule has 1 aliphatic carbocycles. The highest BCUT2D eigenvalue weighted by Crippen LogP contribution is 2.36. The topological polar surface area (TPSA) is 52.5 Å². The quantitative estimate of drug-likeness (QED) is 0.779. The van der Waals surface area contributed by atoms with Crippen molar-refractivity contribution in [3.05, 3.63) is 40.5 Å². The fourth-order valence-electron chi connectivity index (χ4n) is 3.58. The number of hydrogen-bond donors (Lipinski definition) is 1. The van der Waals surface area contributed by atoms with E-state index in [9.17, 15) is 0 Å². The summed E-state index contributed by atoms with van der Waals surface area (Å²) in [6.07, 6.45) is 3.55. The molecule has 2 heterocycles. The van der Waals surface area contributed by atoms with Crippen LogP contribution in [0, 0.1) is 5.92 Å². The predicted octanol–water partition coefficient (Wildman–Crippen LogP) is 4.05. The molecule has 0 aliphatic heterocycles. The van der Waals surface area contributed by atoms with Crippen LogP contribution in [0.3, 0.4) is 0 Å². The molecular weight excluding hydrogens is 318 g/mol. The predicted molar refractivity (Wildman–Crippen MR) is 98.8 cm³/mol. The highest BCUT2D eigenvalue weighted by Gasteiger charge is 2.24. The Bertz CT molecular complexity index is 863. The average molecular weight is 341 g/mol. The lowest BCUT2D eigenvalue weighted by atomic mass is 9.93. The van der Waals surface area contributed by atoms with Crippen LogP contribution in [0.2, 0.25) is 0 Å². The van der Waals surface area contributed by atoms with E-state index in [2.05, 4.69) is 23.5 Å². The van der Waals surface area contributed by atoms with Gasteiger partial charge in [0.1, 0.15) is 5.75 Å². The molecule has 5 heteroatoms. The smallest absolute Gasteiger partial charge is 0.194 e. The molecule has 1 aromatic carbocycles. The molecule has 1 unspecified atom stereocenters. The number of ether oxygens (including phenoxy) is 1. The van der Waals surface area contributed by atoms with Crippen LogP contribution in [-0.4, -0.2) is 16.0 Å². The van der Waals surface area contributed by atoms with Crippen molar-refractivity contribution >= 4 is 16.3 Å². The minimum absolute atomic E-state index is 0.502. The van der Waals surface area contributed by atoms with Crippen LogP contribution < -0.4 is 10.5 Å². The largest absolute Gasteiger partial charge is 0.494 e. The minimum Gasteiger partial charge on any atom is -0.494 e. The normalized spacial score (nSPS) is 17.2. The van der Waals surface area contributed by atoms with Crippen LogP contribution in [0.15, 0.2) is 24.3 Å². The van der Waals surface area contributed by atoms with Gasteiger partial charge in [0, 0.05) is 22.7 Å². The molecule has 0 saturated heterocycles. The van der Waals surface area contributed by atoms with Crippen LogP contribution in [0.5, 0.6) is 5.75 Å². The summed E-state index contributed by atoms with van der Waals surface area (Å²) in [7, 11) is 0. The second-order valence-corrected chi connectivity index (χ2v) is 7.57. The molecule has 2 aromatic heterocycles. The summed E-state index contributed by atoms with van der Waals surface area (Å²) in [5, 5.41) is 0. The molecule has 4 nitrogen and oxygen atoms in total. The zero-order valence-corrected chi connectivity index (χ0v) is 15.0. The lowest BCUT2D eigenvalue weighted by molar-refractivity contribution is 0.340. The Kier molecular flexibility index (Phi) is 4.06. The van der Waals surface area contributed by atoms with Crippen molar-refractivity contribution in [3.63, 3.8) is 0 Å². The molecule has 0 saturated carbocycles. The van der Waals surface area contributed by atoms with E-state index in [0.717, 1.165) is 40.0 Å². The standard InChI is InChI=1S/C19H23N3OS/c1-3-23-14-7-5-13(6-8-14)18-16(11-20)22-15-9-4-12(2)10-17(15)24-19(22)21-18/h5-8,12H,3-4,9-11,20H2,1-2H3. The third-order valence-electron chi connectivity index (χ3n) is 4.79. The Labute approximate surface area is 146 Å². The van der Waals surface area contributed by atoms with Gasteiger partial charge in [0.05, 0.1) is 18.0 Å². The van der Waals surface area contributed by atoms with Gasteiger partial charge in [-0.05, 0) is 56.4 Å². The summed E-state index contributed by atoms with van der Waals surface area (Å²) in [4.78, 5) is 7.49. The van der Waals surface area contributed by atoms with E-state index in [1.54, 1.807) is 0 Å². The summed E-state index contributed by atoms with van der Waals surface area (Å²) in [5.41, 5.74) is 10.8. The molecule has 0 fully saturated rings. The molecule has 1 aliphatic rings. The van der Waals surface area contributed by atoms with E-state index in [1.165, 1.54) is 23.4 Å². The molecule has 126 valence electrons. The first-order valence-corrected chi connectivity index (χ1v) is 9.48. The maximum Gasteiger partial charge on any atom is 0.194 e. The number of benzene rings is 1. The first-order chi connectivity index (χ1) is 11.7. The fourth-order valence-corrected chi connectivity index (χ4v) is 4.93. The third-order valence-corrected chi connectivity index (χ3v) is 5.89. The van der Waals surface area contributed by atoms with E-state index < -0.39 is 0 Å². The van der Waals surface area contributed by atoms with Gasteiger partial charge in [0.25, 0.3) is 0 Å². The number of thiazole rings is 1. The monoisotopic (exact) mass is 341 g/mol. The van der Waals surface area contributed by atoms with Crippen molar-refractivity contribution in [1.29, 1.82) is 0 Å². The summed E-state index contributed by atoms with van der Waals surface area (Å²) in [6.45, 7) is 5.51. The molecule has 0 radical (unpaired) electrons. The maximum absolute atomic E-state index is 6.11. The molecule has 4 rings (SSSR count). The Morgan fingerprint density at radius 3 is 2.83 bits per heavy atom. The van der Waals surface area contributed by atoms with Crippen molar-refractivity contribution in [2.75, 3.05) is 6.61 Å². The lowest BCUT2D eigenvalue weighted by Crippen LogP contribution is -2.13. The highest BCUT2D eigenvalue weighted by atomic mass is 32.1. The molecule has 24 heavy (non-hydrogen) atoms. The van der Waals surface area contributed by atoms with Crippen LogP contribution in [0.1, 0.15) is 36.5 Å². The summed E-state index contributed by atoms with van der Waals surface area (Å²) < 4.78 is 7.85. The van der Waals surface area contributed by atoms with Crippen molar-refractivity contribution in [1.82, 2.24) is 9.38 Å². The third kappa shape index (κ3) is 2.52. The highest BCUT2D eigenvalue weighted by molar-refractivity contribution is 7.17. The average Bonchev–Trinajstić information content (AvgIpc) is 3.10. The van der Waals surface area contributed by atoms with E-state index in [0.29, 0.717) is 13.2 Å². The van der Waals surface area contributed by atoms with Gasteiger partial charge in [-0.15, -0.1) is 11.3 Å². The zero-order valence-electron chi connectivity index (χ0n) is 14.2. The van der Waals surface area contributed by atoms with Gasteiger partial charge < -0.3 is 10.5 Å². The Morgan fingerprint density at radius 2 is 2.12 bits per heavy atom. The molecule has 1 atom stereocenters. The van der Waals surface area contributed by atoms with E-state index in [1.807, 2.05) is 30.4 Å². The minimum atomic E-state index is 0.502. The number of aryl methyl sites for hydroxylation is 1. The molecule has 2 N–H and O–H groups in total. The number of rotatable bonds is 4. The second kappa shape index (κ2) is 6.22. The zero-order chi connectivity index (χ0) is 16.7. The molecule has 3 aromatic rings. The van der Waals surface area contributed by atoms with Gasteiger partial charge >= 0.3 is 0 Å². The first kappa shape index (κ1) is 15.7. The Hall–Kier alpha value is -1.85. The number of nitrogens with two attached hydrogens (primary N) is 1. The van der Waals surface area contributed by atoms with Crippen molar-refractivity contribution < 1.29 is 4.74 Å². The molecule has 0 spiro atoms. The van der Waals surface area contributed by atoms with Crippen molar-refractivity contribution in [2.24, 2.45) is 11.7 Å². The summed E-state index contributed by atoms with van der Waals surface area (Å²) in [5.74, 6) is 1.66. The SMILES string of the molecule is CCOc1ccc(-c2nc3sc4c(n3c2CN)CCC(C)C4)cc1. The lowest BCUT2D eigenvalue weighted by Gasteiger charge is -2.18. The molecule has 0 amide bonds. The van der Waals surface area contributed by atoms with Gasteiger partial charge in [-0.2, -0.15) is 0 Å². The van der Waals surface area contributed by atoms with Crippen LogP contribution in [0.4, 0.5) is 0 Å². The van der Waals surface area contributed by atoms with Gasteiger partial charge in [0.15, 0.2) is 4.96 Å². The van der Waals surface area contributed by atoms with Gasteiger partial charge in [0.2, 0.25) is 0 Å². The molecular formula is C19H23N3OS. The van der Waals surface area contributed by atoms with E-state index in [4.69, 9.17) is 15.5 Å². The van der Waals surface area contributed by atoms with E-state index in [-0.39, 0.29) is 0 Å². The maximum atomic E-state index is 6.11. The molecule has 0 bridgehead atoms. The number of nitrogens with zero attached hydrogens (tertiary/aromatic N) is 2. The Balaban J connectivity index is 1.80. The van der Waals surface area contributed by atoms with Gasteiger partial charge in [-0.25, -0.2) is 4.98 Å². The first-order valence-electron chi connectivity index (χ1n) is 8.66. The van der Waals surface area contributed by atoms with Gasteiger partial charge in [-0.3, -0.25) is 4.40 Å². The Morgan fingerprint density at radius 1 is 1.33 bits per heavy atom. The number of fused-ring (bicyclic) bond motifs is 3. The number of imidazole rings is 1. The van der Waals surface area contributed by atoms with Crippen LogP contribution in [-0.2, 0) is 19.4 Å².